The van der Waals surface area contributed by atoms with Crippen molar-refractivity contribution >= 4 is 21.9 Å². The third-order valence-electron chi connectivity index (χ3n) is 2.07. The first-order valence-corrected chi connectivity index (χ1v) is 5.01. The number of aliphatic hydroxyl groups excluding tert-OH is 1. The Bertz CT molecular complexity index is 389. The second kappa shape index (κ2) is 4.63. The summed E-state index contributed by atoms with van der Waals surface area (Å²) in [6.07, 6.45) is -1.51. The summed E-state index contributed by atoms with van der Waals surface area (Å²) >= 11 is 3.23. The predicted octanol–water partition coefficient (Wildman–Crippen LogP) is 1.88. The maximum atomic E-state index is 10.6. The normalized spacial score (nSPS) is 12.3. The molecule has 0 spiro atoms. The van der Waals surface area contributed by atoms with Crippen LogP contribution in [0.25, 0.3) is 0 Å². The van der Waals surface area contributed by atoms with Crippen molar-refractivity contribution in [2.24, 2.45) is 0 Å². The van der Waals surface area contributed by atoms with Gasteiger partial charge >= 0.3 is 5.97 Å². The third kappa shape index (κ3) is 2.49. The topological polar surface area (TPSA) is 66.8 Å². The smallest absolute Gasteiger partial charge is 0.337 e. The van der Waals surface area contributed by atoms with E-state index in [-0.39, 0.29) is 0 Å². The van der Waals surface area contributed by atoms with E-state index in [4.69, 9.17) is 9.84 Å². The number of aliphatic carboxylic acids is 1. The molecule has 4 nitrogen and oxygen atoms in total. The predicted molar refractivity (Wildman–Crippen MR) is 58.0 cm³/mol. The highest BCUT2D eigenvalue weighted by Crippen LogP contribution is 2.31. The van der Waals surface area contributed by atoms with Gasteiger partial charge in [-0.05, 0) is 46.1 Å². The molecule has 1 atom stereocenters. The zero-order chi connectivity index (χ0) is 11.6. The number of methoxy groups -OCH3 is 1. The number of benzene rings is 1. The first-order chi connectivity index (χ1) is 6.97. The molecule has 0 saturated heterocycles. The van der Waals surface area contributed by atoms with Crippen molar-refractivity contribution in [1.82, 2.24) is 0 Å². The van der Waals surface area contributed by atoms with Crippen LogP contribution >= 0.6 is 15.9 Å². The number of carboxylic acids is 1. The second-order valence-electron chi connectivity index (χ2n) is 3.08. The fourth-order valence-corrected chi connectivity index (χ4v) is 1.78. The SMILES string of the molecule is COc1cc(C)c(C(O)C(=O)O)cc1Br. The number of carbonyl (C=O) groups is 1. The molecule has 0 aliphatic carbocycles. The van der Waals surface area contributed by atoms with E-state index in [0.717, 1.165) is 0 Å². The number of rotatable bonds is 3. The summed E-state index contributed by atoms with van der Waals surface area (Å²) in [5.41, 5.74) is 1.03. The summed E-state index contributed by atoms with van der Waals surface area (Å²) in [5.74, 6) is -0.663. The molecule has 1 aromatic carbocycles. The van der Waals surface area contributed by atoms with Gasteiger partial charge in [0.1, 0.15) is 5.75 Å². The lowest BCUT2D eigenvalue weighted by molar-refractivity contribution is -0.147. The number of aliphatic hydroxyl groups is 1. The molecule has 0 amide bonds. The van der Waals surface area contributed by atoms with Crippen LogP contribution in [0.5, 0.6) is 5.75 Å². The maximum absolute atomic E-state index is 10.6. The fraction of sp³-hybridized carbons (Fsp3) is 0.300. The molecule has 1 rings (SSSR count). The van der Waals surface area contributed by atoms with E-state index in [2.05, 4.69) is 15.9 Å². The minimum Gasteiger partial charge on any atom is -0.496 e. The third-order valence-corrected chi connectivity index (χ3v) is 2.69. The van der Waals surface area contributed by atoms with Crippen LogP contribution in [-0.4, -0.2) is 23.3 Å². The van der Waals surface area contributed by atoms with Crippen LogP contribution in [0.1, 0.15) is 17.2 Å². The van der Waals surface area contributed by atoms with E-state index < -0.39 is 12.1 Å². The average molecular weight is 275 g/mol. The lowest BCUT2D eigenvalue weighted by atomic mass is 10.0. The number of ether oxygens (including phenoxy) is 1. The van der Waals surface area contributed by atoms with Crippen molar-refractivity contribution in [3.05, 3.63) is 27.7 Å². The molecule has 0 bridgehead atoms. The molecule has 0 aliphatic heterocycles. The number of aryl methyl sites for hydroxylation is 1. The summed E-state index contributed by atoms with van der Waals surface area (Å²) in [5, 5.41) is 18.1. The van der Waals surface area contributed by atoms with Gasteiger partial charge in [0.15, 0.2) is 6.10 Å². The second-order valence-corrected chi connectivity index (χ2v) is 3.94. The zero-order valence-corrected chi connectivity index (χ0v) is 9.91. The number of hydrogen-bond donors (Lipinski definition) is 2. The minimum atomic E-state index is -1.51. The largest absolute Gasteiger partial charge is 0.496 e. The quantitative estimate of drug-likeness (QED) is 0.883. The van der Waals surface area contributed by atoms with Gasteiger partial charge in [0.2, 0.25) is 0 Å². The Balaban J connectivity index is 3.21. The Labute approximate surface area is 95.6 Å². The maximum Gasteiger partial charge on any atom is 0.337 e. The van der Waals surface area contributed by atoms with E-state index in [1.807, 2.05) is 0 Å². The van der Waals surface area contributed by atoms with Gasteiger partial charge in [0.05, 0.1) is 11.6 Å². The summed E-state index contributed by atoms with van der Waals surface area (Å²) in [6.45, 7) is 1.72. The molecule has 1 unspecified atom stereocenters. The molecular formula is C10H11BrO4. The molecule has 0 saturated carbocycles. The van der Waals surface area contributed by atoms with Crippen molar-refractivity contribution in [2.75, 3.05) is 7.11 Å². The number of carboxylic acid groups (broad SMARTS) is 1. The van der Waals surface area contributed by atoms with Crippen LogP contribution in [0.3, 0.4) is 0 Å². The van der Waals surface area contributed by atoms with Crippen molar-refractivity contribution in [1.29, 1.82) is 0 Å². The average Bonchev–Trinajstić information content (AvgIpc) is 2.19. The van der Waals surface area contributed by atoms with Gasteiger partial charge in [-0.2, -0.15) is 0 Å². The van der Waals surface area contributed by atoms with Gasteiger partial charge in [-0.25, -0.2) is 4.79 Å². The van der Waals surface area contributed by atoms with Gasteiger partial charge in [0.25, 0.3) is 0 Å². The Kier molecular flexibility index (Phi) is 3.71. The van der Waals surface area contributed by atoms with E-state index in [1.54, 1.807) is 19.1 Å². The van der Waals surface area contributed by atoms with E-state index in [0.29, 0.717) is 21.3 Å². The summed E-state index contributed by atoms with van der Waals surface area (Å²) in [7, 11) is 1.52. The van der Waals surface area contributed by atoms with Crippen molar-refractivity contribution in [3.8, 4) is 5.75 Å². The van der Waals surface area contributed by atoms with Crippen LogP contribution in [0, 0.1) is 6.92 Å². The van der Waals surface area contributed by atoms with Gasteiger partial charge in [-0.15, -0.1) is 0 Å². The minimum absolute atomic E-state index is 0.357. The molecule has 0 radical (unpaired) electrons. The Morgan fingerprint density at radius 3 is 2.60 bits per heavy atom. The first-order valence-electron chi connectivity index (χ1n) is 4.22. The van der Waals surface area contributed by atoms with Gasteiger partial charge < -0.3 is 14.9 Å². The first kappa shape index (κ1) is 12.0. The highest BCUT2D eigenvalue weighted by molar-refractivity contribution is 9.10. The van der Waals surface area contributed by atoms with Crippen molar-refractivity contribution in [3.63, 3.8) is 0 Å². The highest BCUT2D eigenvalue weighted by atomic mass is 79.9. The molecule has 5 heteroatoms. The van der Waals surface area contributed by atoms with Crippen LogP contribution in [0.2, 0.25) is 0 Å². The molecule has 0 aromatic heterocycles. The molecule has 0 heterocycles. The molecule has 0 fully saturated rings. The molecular weight excluding hydrogens is 264 g/mol. The van der Waals surface area contributed by atoms with Crippen LogP contribution in [-0.2, 0) is 4.79 Å². The lowest BCUT2D eigenvalue weighted by Gasteiger charge is -2.12. The van der Waals surface area contributed by atoms with Crippen molar-refractivity contribution in [2.45, 2.75) is 13.0 Å². The zero-order valence-electron chi connectivity index (χ0n) is 8.32. The van der Waals surface area contributed by atoms with Gasteiger partial charge in [-0.3, -0.25) is 0 Å². The molecule has 82 valence electrons. The summed E-state index contributed by atoms with van der Waals surface area (Å²) < 4.78 is 5.66. The van der Waals surface area contributed by atoms with E-state index >= 15 is 0 Å². The molecule has 15 heavy (non-hydrogen) atoms. The van der Waals surface area contributed by atoms with Crippen LogP contribution in [0.4, 0.5) is 0 Å². The molecule has 0 aliphatic rings. The van der Waals surface area contributed by atoms with Gasteiger partial charge in [0, 0.05) is 0 Å². The van der Waals surface area contributed by atoms with Crippen LogP contribution in [0.15, 0.2) is 16.6 Å². The lowest BCUT2D eigenvalue weighted by Crippen LogP contribution is -2.12. The summed E-state index contributed by atoms with van der Waals surface area (Å²) in [6, 6.07) is 3.22. The number of halogens is 1. The van der Waals surface area contributed by atoms with E-state index in [9.17, 15) is 9.90 Å². The van der Waals surface area contributed by atoms with E-state index in [1.165, 1.54) is 7.11 Å². The Morgan fingerprint density at radius 1 is 1.53 bits per heavy atom. The molecule has 2 N–H and O–H groups in total. The molecule has 1 aromatic rings. The Morgan fingerprint density at radius 2 is 2.13 bits per heavy atom. The summed E-state index contributed by atoms with van der Waals surface area (Å²) in [4.78, 5) is 10.6. The monoisotopic (exact) mass is 274 g/mol. The standard InChI is InChI=1S/C10H11BrO4/c1-5-3-8(15-2)7(11)4-6(5)9(12)10(13)14/h3-4,9,12H,1-2H3,(H,13,14). The number of hydrogen-bond acceptors (Lipinski definition) is 3. The van der Waals surface area contributed by atoms with Crippen LogP contribution < -0.4 is 4.74 Å². The van der Waals surface area contributed by atoms with Gasteiger partial charge in [-0.1, -0.05) is 0 Å². The Hall–Kier alpha value is -1.07. The van der Waals surface area contributed by atoms with Crippen molar-refractivity contribution < 1.29 is 19.7 Å². The highest BCUT2D eigenvalue weighted by Gasteiger charge is 2.19. The fourth-order valence-electron chi connectivity index (χ4n) is 1.25.